The Hall–Kier alpha value is -2.47. The van der Waals surface area contributed by atoms with Gasteiger partial charge in [-0.3, -0.25) is 38.2 Å². The van der Waals surface area contributed by atoms with Crippen LogP contribution >= 0.6 is 56.6 Å². The maximum Gasteiger partial charge on any atom is 0.340 e. The fourth-order valence-electron chi connectivity index (χ4n) is 9.17. The highest BCUT2D eigenvalue weighted by molar-refractivity contribution is 8.00. The van der Waals surface area contributed by atoms with Crippen molar-refractivity contribution in [3.63, 3.8) is 0 Å². The number of carbonyl (C=O) groups is 3. The van der Waals surface area contributed by atoms with E-state index in [0.717, 1.165) is 109 Å². The lowest BCUT2D eigenvalue weighted by molar-refractivity contribution is 0.0686. The van der Waals surface area contributed by atoms with Crippen molar-refractivity contribution in [3.05, 3.63) is 106 Å². The number of piperazine rings is 3. The van der Waals surface area contributed by atoms with E-state index in [-0.39, 0.29) is 37.2 Å². The molecule has 3 aromatic carbocycles. The third-order valence-electron chi connectivity index (χ3n) is 12.9. The normalized spacial score (nSPS) is 17.4. The molecule has 0 spiro atoms. The molecule has 0 amide bonds. The summed E-state index contributed by atoms with van der Waals surface area (Å²) in [7, 11) is -7.82. The molecule has 22 nitrogen and oxygen atoms in total. The molecule has 3 heterocycles. The predicted molar refractivity (Wildman–Crippen MR) is 340 cm³/mol. The summed E-state index contributed by atoms with van der Waals surface area (Å²) in [6.45, 7) is 28.1. The lowest BCUT2D eigenvalue weighted by Crippen LogP contribution is -2.46. The van der Waals surface area contributed by atoms with Crippen molar-refractivity contribution < 1.29 is 75.1 Å². The van der Waals surface area contributed by atoms with Gasteiger partial charge in [-0.2, -0.15) is 0 Å². The minimum atomic E-state index is -3.36. The smallest absolute Gasteiger partial charge is 0.340 e. The molecule has 4 N–H and O–H groups in total. The first-order valence-corrected chi connectivity index (χ1v) is 40.6. The molecule has 6 rings (SSSR count). The minimum absolute atomic E-state index is 0.190. The molecule has 3 aliphatic heterocycles. The van der Waals surface area contributed by atoms with Gasteiger partial charge in [0.2, 0.25) is 7.37 Å². The van der Waals surface area contributed by atoms with Gasteiger partial charge < -0.3 is 52.3 Å². The van der Waals surface area contributed by atoms with Gasteiger partial charge in [-0.05, 0) is 108 Å². The van der Waals surface area contributed by atoms with Crippen LogP contribution in [0.5, 0.6) is 0 Å². The van der Waals surface area contributed by atoms with E-state index >= 15 is 0 Å². The number of nitrogens with zero attached hydrogens (tertiary/aromatic N) is 5. The van der Waals surface area contributed by atoms with Gasteiger partial charge in [0.15, 0.2) is 0 Å². The number of carboxylic acids is 3. The summed E-state index contributed by atoms with van der Waals surface area (Å²) in [5.41, 5.74) is 4.19. The van der Waals surface area contributed by atoms with Gasteiger partial charge in [0.05, 0.1) is 81.5 Å². The Morgan fingerprint density at radius 3 is 1.06 bits per heavy atom. The van der Waals surface area contributed by atoms with Crippen LogP contribution in [0.25, 0.3) is 0 Å². The molecule has 0 saturated carbocycles. The summed E-state index contributed by atoms with van der Waals surface area (Å²) in [5, 5.41) is 30.0. The van der Waals surface area contributed by atoms with Crippen molar-refractivity contribution in [2.24, 2.45) is 0 Å². The van der Waals surface area contributed by atoms with Crippen molar-refractivity contribution in [1.82, 2.24) is 29.8 Å². The number of rotatable bonds is 30. The molecular weight excluding hydrogens is 1220 g/mol. The van der Waals surface area contributed by atoms with Crippen LogP contribution in [0, 0.1) is 0 Å². The summed E-state index contributed by atoms with van der Waals surface area (Å²) < 4.78 is 81.3. The molecule has 2 unspecified atom stereocenters. The quantitative estimate of drug-likeness (QED) is 0.0357. The summed E-state index contributed by atoms with van der Waals surface area (Å²) in [6, 6.07) is 21.2. The highest BCUT2D eigenvalue weighted by Gasteiger charge is 2.37. The second-order valence-corrected chi connectivity index (χ2v) is 37.3. The van der Waals surface area contributed by atoms with Gasteiger partial charge >= 0.3 is 33.1 Å². The zero-order chi connectivity index (χ0) is 62.4. The highest BCUT2D eigenvalue weighted by atomic mass is 35.5. The summed E-state index contributed by atoms with van der Waals surface area (Å²) in [4.78, 5) is 44.2. The van der Waals surface area contributed by atoms with Crippen LogP contribution in [-0.2, 0) is 65.0 Å². The monoisotopic (exact) mass is 1310 g/mol. The Balaban J connectivity index is 0.000000306. The number of nitrogens with one attached hydrogen (secondary N) is 1. The van der Waals surface area contributed by atoms with Gasteiger partial charge in [0, 0.05) is 111 Å². The molecule has 3 saturated heterocycles. The summed E-state index contributed by atoms with van der Waals surface area (Å²) in [5.74, 6) is -2.68. The first kappa shape index (κ1) is 75.8. The average Bonchev–Trinajstić information content (AvgIpc) is 3.58. The van der Waals surface area contributed by atoms with E-state index < -0.39 is 54.4 Å². The van der Waals surface area contributed by atoms with Gasteiger partial charge in [-0.25, -0.2) is 14.4 Å². The van der Waals surface area contributed by atoms with E-state index in [2.05, 4.69) is 38.3 Å². The van der Waals surface area contributed by atoms with Crippen LogP contribution in [0.1, 0.15) is 89.3 Å². The summed E-state index contributed by atoms with van der Waals surface area (Å²) >= 11 is 5.57. The molecule has 0 bridgehead atoms. The molecule has 3 fully saturated rings. The number of halogens is 1. The molecule has 0 aliphatic carbocycles. The minimum Gasteiger partial charge on any atom is -0.478 e. The Morgan fingerprint density at radius 1 is 0.464 bits per heavy atom. The van der Waals surface area contributed by atoms with Crippen LogP contribution in [0.3, 0.4) is 0 Å². The molecule has 0 aromatic heterocycles. The van der Waals surface area contributed by atoms with Crippen molar-refractivity contribution in [1.29, 1.82) is 0 Å². The first-order chi connectivity index (χ1) is 39.8. The van der Waals surface area contributed by atoms with Crippen LogP contribution in [0.2, 0.25) is 0 Å². The van der Waals surface area contributed by atoms with Crippen molar-refractivity contribution >= 4 is 74.5 Å². The largest absolute Gasteiger partial charge is 0.478 e. The Kier molecular flexibility index (Phi) is 35.0. The summed E-state index contributed by atoms with van der Waals surface area (Å²) in [6.07, 6.45) is 1.39. The Bertz CT molecular complexity index is 2650. The van der Waals surface area contributed by atoms with E-state index in [1.54, 1.807) is 57.2 Å². The maximum atomic E-state index is 13.1. The number of benzene rings is 3. The third-order valence-corrected chi connectivity index (χ3v) is 28.8. The standard InChI is InChI=1S/C20H35N2O6P3.C15H23N2O3P.C12H16N2O2.C8H19ClO5P2/c1-4-26-30(29,17-31(25,27-5-2)28-6-3)16-22-13-11-21(12-14-22)15-18-7-9-19(10-8-18)20(23)24;1-21(2,20)12-17-9-7-16(8-10-17)11-13-3-5-14(6-4-13)15(18)19;15-12(16)11-3-1-10(2-4-11)9-14-7-5-13-6-8-14;1-4-12-15(10,7-9)8-16(11,13-5-2)14-6-3/h7-10,29H,4-6,11-17H2,1-3H3,(H,23,24);3-6H,7-12H2,1-2H3,(H,18,19);1-4,13H,5-9H2,(H,15,16);4-8H2,1-3H3. The van der Waals surface area contributed by atoms with Gasteiger partial charge in [0.1, 0.15) is 5.90 Å². The Morgan fingerprint density at radius 2 is 0.762 bits per heavy atom. The van der Waals surface area contributed by atoms with Crippen molar-refractivity contribution in [3.8, 4) is 0 Å². The van der Waals surface area contributed by atoms with Crippen LogP contribution < -0.4 is 5.32 Å². The molecule has 3 aromatic rings. The zero-order valence-electron chi connectivity index (χ0n) is 50.3. The maximum absolute atomic E-state index is 13.1. The zero-order valence-corrected chi connectivity index (χ0v) is 56.5. The van der Waals surface area contributed by atoms with Gasteiger partial charge in [-0.1, -0.05) is 44.9 Å². The first-order valence-electron chi connectivity index (χ1n) is 28.4. The van der Waals surface area contributed by atoms with Crippen molar-refractivity contribution in [2.45, 2.75) is 61.2 Å². The van der Waals surface area contributed by atoms with Gasteiger partial charge in [-0.15, -0.1) is 11.6 Å². The molecule has 2 atom stereocenters. The average molecular weight is 1320 g/mol. The van der Waals surface area contributed by atoms with E-state index in [9.17, 15) is 32.6 Å². The topological polar surface area (TPSA) is 264 Å². The highest BCUT2D eigenvalue weighted by Crippen LogP contribution is 2.67. The number of alkyl halides is 1. The third kappa shape index (κ3) is 29.7. The molecule has 0 radical (unpaired) electrons. The van der Waals surface area contributed by atoms with Crippen LogP contribution in [-0.4, -0.2) is 219 Å². The molecular formula is C55H93ClN6O16P6. The fourth-order valence-corrected chi connectivity index (χ4v) is 24.6. The Labute approximate surface area is 505 Å². The van der Waals surface area contributed by atoms with E-state index in [4.69, 9.17) is 54.1 Å². The molecule has 84 heavy (non-hydrogen) atoms. The molecule has 3 aliphatic rings. The SMILES string of the molecule is CCOP(=O)(CCl)CP(=O)(OCC)OCC.CCOP(=O)(CP(=P)(CN1CCN(Cc2ccc(C(=O)O)cc2)CC1)OCC)OCC.CP(C)(=O)CN1CCN(Cc2ccc(C(=O)O)cc2)CC1.O=C(O)c1ccc(CN2CCNCC2)cc1. The van der Waals surface area contributed by atoms with Crippen LogP contribution in [0.4, 0.5) is 0 Å². The number of hydrogen-bond donors (Lipinski definition) is 4. The molecule has 29 heteroatoms. The van der Waals surface area contributed by atoms with E-state index in [0.29, 0.717) is 49.1 Å². The second-order valence-electron chi connectivity index (χ2n) is 20.5. The van der Waals surface area contributed by atoms with Crippen molar-refractivity contribution in [2.75, 3.05) is 162 Å². The number of aromatic carboxylic acids is 3. The molecule has 476 valence electrons. The fraction of sp³-hybridized carbons (Fsp3) is 0.618. The van der Waals surface area contributed by atoms with E-state index in [1.165, 1.54) is 5.56 Å². The number of hydrogen-bond acceptors (Lipinski definition) is 19. The van der Waals surface area contributed by atoms with Gasteiger partial charge in [0.25, 0.3) is 0 Å². The second kappa shape index (κ2) is 38.8. The van der Waals surface area contributed by atoms with E-state index in [1.807, 2.05) is 70.5 Å². The number of carboxylic acid groups (broad SMARTS) is 3. The van der Waals surface area contributed by atoms with Crippen LogP contribution in [0.15, 0.2) is 72.8 Å². The lowest BCUT2D eigenvalue weighted by atomic mass is 10.1. The lowest BCUT2D eigenvalue weighted by Gasteiger charge is -2.38. The predicted octanol–water partition coefficient (Wildman–Crippen LogP) is 11.3.